The second kappa shape index (κ2) is 9.12. The third kappa shape index (κ3) is 4.62. The number of piperidine rings is 3. The first-order valence-corrected chi connectivity index (χ1v) is 11.8. The molecule has 1 aliphatic carbocycles. The fourth-order valence-corrected chi connectivity index (χ4v) is 5.13. The number of hydrogen-bond donors (Lipinski definition) is 2. The van der Waals surface area contributed by atoms with Crippen molar-refractivity contribution in [3.8, 4) is 16.9 Å². The van der Waals surface area contributed by atoms with Crippen molar-refractivity contribution in [1.82, 2.24) is 15.5 Å². The smallest absolute Gasteiger partial charge is 0.315 e. The Morgan fingerprint density at radius 2 is 1.66 bits per heavy atom. The molecule has 2 aromatic rings. The van der Waals surface area contributed by atoms with Gasteiger partial charge in [-0.05, 0) is 73.5 Å². The minimum Gasteiger partial charge on any atom is -0.491 e. The predicted molar refractivity (Wildman–Crippen MR) is 125 cm³/mol. The van der Waals surface area contributed by atoms with Crippen molar-refractivity contribution in [2.45, 2.75) is 37.3 Å². The van der Waals surface area contributed by atoms with Gasteiger partial charge in [0.25, 0.3) is 0 Å². The van der Waals surface area contributed by atoms with Gasteiger partial charge >= 0.3 is 6.03 Å². The van der Waals surface area contributed by atoms with E-state index in [1.165, 1.54) is 31.5 Å². The van der Waals surface area contributed by atoms with Crippen LogP contribution in [0.5, 0.6) is 5.75 Å². The summed E-state index contributed by atoms with van der Waals surface area (Å²) >= 11 is 0. The van der Waals surface area contributed by atoms with E-state index < -0.39 is 0 Å². The van der Waals surface area contributed by atoms with Gasteiger partial charge < -0.3 is 25.0 Å². The Balaban J connectivity index is 1.18. The Bertz CT molecular complexity index is 916. The summed E-state index contributed by atoms with van der Waals surface area (Å²) in [6, 6.07) is 17.0. The molecule has 0 aromatic heterocycles. The number of nitrogens with one attached hydrogen (secondary N) is 2. The van der Waals surface area contributed by atoms with Crippen LogP contribution in [0.25, 0.3) is 11.1 Å². The molecule has 2 aromatic carbocycles. The predicted octanol–water partition coefficient (Wildman–Crippen LogP) is 3.76. The largest absolute Gasteiger partial charge is 0.491 e. The van der Waals surface area contributed by atoms with Gasteiger partial charge in [-0.3, -0.25) is 0 Å². The van der Waals surface area contributed by atoms with Gasteiger partial charge in [-0.1, -0.05) is 36.4 Å². The van der Waals surface area contributed by atoms with Crippen LogP contribution in [-0.4, -0.2) is 56.9 Å². The summed E-state index contributed by atoms with van der Waals surface area (Å²) in [5.41, 5.74) is 3.28. The van der Waals surface area contributed by atoms with Crippen LogP contribution in [0.1, 0.15) is 31.2 Å². The average molecular weight is 436 g/mol. The molecule has 6 nitrogen and oxygen atoms in total. The maximum Gasteiger partial charge on any atom is 0.315 e. The summed E-state index contributed by atoms with van der Waals surface area (Å²) in [6.45, 7) is 4.49. The zero-order chi connectivity index (χ0) is 22.0. The Hall–Kier alpha value is -2.57. The zero-order valence-electron chi connectivity index (χ0n) is 18.8. The van der Waals surface area contributed by atoms with Gasteiger partial charge in [0, 0.05) is 19.7 Å². The van der Waals surface area contributed by atoms with Gasteiger partial charge in [0.05, 0.1) is 12.1 Å². The molecule has 2 amide bonds. The number of rotatable bonds is 8. The third-order valence-corrected chi connectivity index (χ3v) is 7.26. The molecule has 32 heavy (non-hydrogen) atoms. The lowest BCUT2D eigenvalue weighted by atomic mass is 9.84. The highest BCUT2D eigenvalue weighted by Gasteiger charge is 2.46. The molecule has 3 aliphatic heterocycles. The van der Waals surface area contributed by atoms with Crippen LogP contribution in [0.15, 0.2) is 48.5 Å². The molecule has 3 heterocycles. The summed E-state index contributed by atoms with van der Waals surface area (Å²) in [4.78, 5) is 15.2. The first kappa shape index (κ1) is 21.3. The molecule has 0 radical (unpaired) electrons. The SMILES string of the molecule is COCCOc1ccc(-c2ccc(C3(NC(=O)NC4CN5CCC4CC5)CC3)cc2)cc1. The van der Waals surface area contributed by atoms with Crippen molar-refractivity contribution in [3.63, 3.8) is 0 Å². The van der Waals surface area contributed by atoms with Crippen molar-refractivity contribution in [2.24, 2.45) is 5.92 Å². The molecular weight excluding hydrogens is 402 g/mol. The van der Waals surface area contributed by atoms with E-state index in [1.807, 2.05) is 12.1 Å². The fraction of sp³-hybridized carbons (Fsp3) is 0.500. The van der Waals surface area contributed by atoms with Crippen LogP contribution in [-0.2, 0) is 10.3 Å². The summed E-state index contributed by atoms with van der Waals surface area (Å²) in [7, 11) is 1.67. The summed E-state index contributed by atoms with van der Waals surface area (Å²) in [5.74, 6) is 1.48. The third-order valence-electron chi connectivity index (χ3n) is 7.26. The first-order valence-electron chi connectivity index (χ1n) is 11.8. The highest BCUT2D eigenvalue weighted by atomic mass is 16.5. The number of benzene rings is 2. The van der Waals surface area contributed by atoms with E-state index in [2.05, 4.69) is 51.9 Å². The Morgan fingerprint density at radius 3 is 2.22 bits per heavy atom. The molecule has 3 saturated heterocycles. The molecule has 6 rings (SSSR count). The van der Waals surface area contributed by atoms with Gasteiger partial charge in [0.2, 0.25) is 0 Å². The fourth-order valence-electron chi connectivity index (χ4n) is 5.13. The summed E-state index contributed by atoms with van der Waals surface area (Å²) in [5, 5.41) is 6.55. The molecule has 4 fully saturated rings. The van der Waals surface area contributed by atoms with Gasteiger partial charge in [-0.25, -0.2) is 4.79 Å². The van der Waals surface area contributed by atoms with Gasteiger partial charge in [-0.15, -0.1) is 0 Å². The van der Waals surface area contributed by atoms with E-state index in [9.17, 15) is 4.79 Å². The second-order valence-corrected chi connectivity index (χ2v) is 9.37. The number of carbonyl (C=O) groups is 1. The molecule has 1 saturated carbocycles. The lowest BCUT2D eigenvalue weighted by Crippen LogP contribution is -2.59. The minimum atomic E-state index is -0.213. The monoisotopic (exact) mass is 435 g/mol. The van der Waals surface area contributed by atoms with E-state index in [0.717, 1.165) is 36.3 Å². The van der Waals surface area contributed by atoms with Crippen LogP contribution in [0.3, 0.4) is 0 Å². The highest BCUT2D eigenvalue weighted by Crippen LogP contribution is 2.46. The van der Waals surface area contributed by atoms with Crippen LogP contribution >= 0.6 is 0 Å². The number of fused-ring (bicyclic) bond motifs is 3. The molecule has 2 bridgehead atoms. The number of hydrogen-bond acceptors (Lipinski definition) is 4. The van der Waals surface area contributed by atoms with Crippen LogP contribution in [0, 0.1) is 5.92 Å². The molecule has 170 valence electrons. The molecule has 6 heteroatoms. The maximum absolute atomic E-state index is 12.8. The lowest BCUT2D eigenvalue weighted by Gasteiger charge is -2.45. The van der Waals surface area contributed by atoms with Crippen molar-refractivity contribution in [2.75, 3.05) is 40.0 Å². The normalized spacial score (nSPS) is 25.2. The molecule has 1 unspecified atom stereocenters. The Labute approximate surface area is 190 Å². The number of amides is 2. The first-order chi connectivity index (χ1) is 15.6. The van der Waals surface area contributed by atoms with Crippen molar-refractivity contribution >= 4 is 6.03 Å². The van der Waals surface area contributed by atoms with Crippen LogP contribution in [0.2, 0.25) is 0 Å². The molecule has 4 aliphatic rings. The number of methoxy groups -OCH3 is 1. The Morgan fingerprint density at radius 1 is 1.00 bits per heavy atom. The topological polar surface area (TPSA) is 62.8 Å². The summed E-state index contributed by atoms with van der Waals surface area (Å²) in [6.07, 6.45) is 4.40. The standard InChI is InChI=1S/C26H33N3O3/c1-31-16-17-32-23-8-4-20(5-9-23)19-2-6-22(7-3-19)26(12-13-26)28-25(30)27-24-18-29-14-10-21(24)11-15-29/h2-9,21,24H,10-18H2,1H3,(H2,27,28,30). The van der Waals surface area contributed by atoms with Crippen LogP contribution in [0.4, 0.5) is 4.79 Å². The van der Waals surface area contributed by atoms with Crippen molar-refractivity contribution in [1.29, 1.82) is 0 Å². The van der Waals surface area contributed by atoms with Gasteiger partial charge in [-0.2, -0.15) is 0 Å². The van der Waals surface area contributed by atoms with Gasteiger partial charge in [0.15, 0.2) is 0 Å². The number of nitrogens with zero attached hydrogens (tertiary/aromatic N) is 1. The quantitative estimate of drug-likeness (QED) is 0.620. The lowest BCUT2D eigenvalue weighted by molar-refractivity contribution is 0.0763. The van der Waals surface area contributed by atoms with Crippen molar-refractivity contribution < 1.29 is 14.3 Å². The highest BCUT2D eigenvalue weighted by molar-refractivity contribution is 5.76. The minimum absolute atomic E-state index is 0.0191. The molecule has 2 N–H and O–H groups in total. The summed E-state index contributed by atoms with van der Waals surface area (Å²) < 4.78 is 10.7. The van der Waals surface area contributed by atoms with Crippen molar-refractivity contribution in [3.05, 3.63) is 54.1 Å². The van der Waals surface area contributed by atoms with E-state index in [1.54, 1.807) is 7.11 Å². The Kier molecular flexibility index (Phi) is 6.07. The number of urea groups is 1. The maximum atomic E-state index is 12.8. The van der Waals surface area contributed by atoms with E-state index in [-0.39, 0.29) is 17.6 Å². The van der Waals surface area contributed by atoms with E-state index >= 15 is 0 Å². The molecule has 1 atom stereocenters. The number of carbonyl (C=O) groups excluding carboxylic acids is 1. The average Bonchev–Trinajstić information content (AvgIpc) is 3.61. The molecular formula is C26H33N3O3. The zero-order valence-corrected chi connectivity index (χ0v) is 18.8. The van der Waals surface area contributed by atoms with E-state index in [4.69, 9.17) is 9.47 Å². The van der Waals surface area contributed by atoms with Crippen LogP contribution < -0.4 is 15.4 Å². The molecule has 0 spiro atoms. The number of ether oxygens (including phenoxy) is 2. The van der Waals surface area contributed by atoms with Gasteiger partial charge in [0.1, 0.15) is 12.4 Å². The van der Waals surface area contributed by atoms with E-state index in [0.29, 0.717) is 19.1 Å². The second-order valence-electron chi connectivity index (χ2n) is 9.37.